The Kier molecular flexibility index (Phi) is 4.89. The Morgan fingerprint density at radius 2 is 2.43 bits per heavy atom. The van der Waals surface area contributed by atoms with Crippen LogP contribution in [0.2, 0.25) is 0 Å². The second-order valence-electron chi connectivity index (χ2n) is 1.07. The molecule has 0 aromatic rings. The van der Waals surface area contributed by atoms with Crippen molar-refractivity contribution in [2.45, 2.75) is 0 Å². The van der Waals surface area contributed by atoms with Gasteiger partial charge in [-0.2, -0.15) is 0 Å². The molecule has 0 saturated carbocycles. The third kappa shape index (κ3) is 5.37. The molecule has 2 N–H and O–H groups in total. The number of aliphatic imine (C=N–C) groups is 1. The number of nitrogens with two attached hydrogens (primary N) is 1. The van der Waals surface area contributed by atoms with Gasteiger partial charge in [0.05, 0.1) is 0 Å². The van der Waals surface area contributed by atoms with Crippen molar-refractivity contribution < 1.29 is 0 Å². The summed E-state index contributed by atoms with van der Waals surface area (Å²) in [5, 5.41) is 0. The summed E-state index contributed by atoms with van der Waals surface area (Å²) in [6.45, 7) is 0.589. The maximum absolute atomic E-state index is 5.12. The number of allylic oxidation sites excluding steroid dienone is 1. The molecule has 0 amide bonds. The van der Waals surface area contributed by atoms with Crippen molar-refractivity contribution in [1.82, 2.24) is 0 Å². The predicted molar refractivity (Wildman–Crippen MR) is 32.6 cm³/mol. The van der Waals surface area contributed by atoms with E-state index in [2.05, 4.69) is 4.99 Å². The van der Waals surface area contributed by atoms with Crippen LogP contribution in [-0.4, -0.2) is 19.8 Å². The molecule has 7 heavy (non-hydrogen) atoms. The molecule has 0 fully saturated rings. The highest BCUT2D eigenvalue weighted by Crippen LogP contribution is 1.60. The molecule has 0 spiro atoms. The van der Waals surface area contributed by atoms with Crippen LogP contribution in [0.3, 0.4) is 0 Å². The summed E-state index contributed by atoms with van der Waals surface area (Å²) in [4.78, 5) is 3.71. The summed E-state index contributed by atoms with van der Waals surface area (Å²) in [5.74, 6) is 0. The summed E-state index contributed by atoms with van der Waals surface area (Å²) in [7, 11) is 1.72. The van der Waals surface area contributed by atoms with Crippen LogP contribution in [0.15, 0.2) is 17.1 Å². The van der Waals surface area contributed by atoms with Crippen LogP contribution in [0.5, 0.6) is 0 Å². The Balaban J connectivity index is 3.09. The van der Waals surface area contributed by atoms with Gasteiger partial charge in [0.25, 0.3) is 0 Å². The topological polar surface area (TPSA) is 38.4 Å². The van der Waals surface area contributed by atoms with Crippen molar-refractivity contribution in [3.05, 3.63) is 12.2 Å². The lowest BCUT2D eigenvalue weighted by atomic mass is 10.5. The zero-order valence-corrected chi connectivity index (χ0v) is 4.46. The van der Waals surface area contributed by atoms with E-state index in [9.17, 15) is 0 Å². The number of hydrogen-bond donors (Lipinski definition) is 1. The van der Waals surface area contributed by atoms with Crippen LogP contribution in [0.25, 0.3) is 0 Å². The molecule has 0 rings (SSSR count). The van der Waals surface area contributed by atoms with Crippen LogP contribution in [-0.2, 0) is 0 Å². The first kappa shape index (κ1) is 6.37. The number of nitrogens with zero attached hydrogens (tertiary/aromatic N) is 1. The van der Waals surface area contributed by atoms with Gasteiger partial charge in [-0.25, -0.2) is 0 Å². The number of hydrogen-bond acceptors (Lipinski definition) is 2. The fourth-order valence-electron chi connectivity index (χ4n) is 0.225. The van der Waals surface area contributed by atoms with Gasteiger partial charge in [0.1, 0.15) is 0 Å². The molecule has 0 aromatic carbocycles. The first-order chi connectivity index (χ1) is 3.41. The van der Waals surface area contributed by atoms with Gasteiger partial charge in [-0.3, -0.25) is 4.99 Å². The zero-order valence-electron chi connectivity index (χ0n) is 4.46. The first-order valence-corrected chi connectivity index (χ1v) is 2.19. The molecule has 0 radical (unpaired) electrons. The SMILES string of the molecule is C/N=C\C=C\CN. The maximum Gasteiger partial charge on any atom is 0.0277 e. The van der Waals surface area contributed by atoms with E-state index in [0.717, 1.165) is 0 Å². The quantitative estimate of drug-likeness (QED) is 0.492. The minimum atomic E-state index is 0.589. The fraction of sp³-hybridized carbons (Fsp3) is 0.400. The molecule has 2 heteroatoms. The minimum Gasteiger partial charge on any atom is -0.327 e. The summed E-state index contributed by atoms with van der Waals surface area (Å²) >= 11 is 0. The summed E-state index contributed by atoms with van der Waals surface area (Å²) in [6.07, 6.45) is 5.36. The van der Waals surface area contributed by atoms with E-state index in [1.54, 1.807) is 13.3 Å². The molecular formula is C5H10N2. The Morgan fingerprint density at radius 1 is 1.71 bits per heavy atom. The molecule has 0 atom stereocenters. The maximum atomic E-state index is 5.12. The normalized spacial score (nSPS) is 11.7. The van der Waals surface area contributed by atoms with E-state index < -0.39 is 0 Å². The predicted octanol–water partition coefficient (Wildman–Crippen LogP) is 0.202. The lowest BCUT2D eigenvalue weighted by Crippen LogP contribution is -1.91. The van der Waals surface area contributed by atoms with Gasteiger partial charge in [-0.15, -0.1) is 0 Å². The molecule has 2 nitrogen and oxygen atoms in total. The van der Waals surface area contributed by atoms with Crippen molar-refractivity contribution in [2.24, 2.45) is 10.7 Å². The first-order valence-electron chi connectivity index (χ1n) is 2.19. The fourth-order valence-corrected chi connectivity index (χ4v) is 0.225. The van der Waals surface area contributed by atoms with E-state index in [0.29, 0.717) is 6.54 Å². The third-order valence-corrected chi connectivity index (χ3v) is 0.507. The summed E-state index contributed by atoms with van der Waals surface area (Å²) in [6, 6.07) is 0. The second-order valence-corrected chi connectivity index (χ2v) is 1.07. The third-order valence-electron chi connectivity index (χ3n) is 0.507. The van der Waals surface area contributed by atoms with E-state index >= 15 is 0 Å². The largest absolute Gasteiger partial charge is 0.327 e. The van der Waals surface area contributed by atoms with Gasteiger partial charge < -0.3 is 5.73 Å². The van der Waals surface area contributed by atoms with Crippen molar-refractivity contribution in [3.8, 4) is 0 Å². The standard InChI is InChI=1S/C5H10N2/c1-7-5-3-2-4-6/h2-3,5H,4,6H2,1H3/b3-2+,7-5-. The van der Waals surface area contributed by atoms with Gasteiger partial charge in [-0.1, -0.05) is 6.08 Å². The average Bonchev–Trinajstić information content (AvgIpc) is 1.69. The molecule has 0 aliphatic heterocycles. The highest BCUT2D eigenvalue weighted by molar-refractivity contribution is 5.70. The van der Waals surface area contributed by atoms with Gasteiger partial charge in [0, 0.05) is 19.8 Å². The smallest absolute Gasteiger partial charge is 0.0277 e. The second kappa shape index (κ2) is 5.37. The molecule has 0 aliphatic carbocycles. The minimum absolute atomic E-state index is 0.589. The lowest BCUT2D eigenvalue weighted by molar-refractivity contribution is 1.26. The molecule has 0 bridgehead atoms. The number of rotatable bonds is 2. The zero-order chi connectivity index (χ0) is 5.54. The van der Waals surface area contributed by atoms with Crippen LogP contribution < -0.4 is 5.73 Å². The highest BCUT2D eigenvalue weighted by atomic mass is 14.6. The Labute approximate surface area is 43.7 Å². The van der Waals surface area contributed by atoms with Crippen LogP contribution in [0.1, 0.15) is 0 Å². The van der Waals surface area contributed by atoms with Gasteiger partial charge in [0.15, 0.2) is 0 Å². The summed E-state index contributed by atoms with van der Waals surface area (Å²) in [5.41, 5.74) is 5.12. The van der Waals surface area contributed by atoms with Gasteiger partial charge in [0.2, 0.25) is 0 Å². The highest BCUT2D eigenvalue weighted by Gasteiger charge is 1.57. The van der Waals surface area contributed by atoms with Gasteiger partial charge in [-0.05, 0) is 6.08 Å². The van der Waals surface area contributed by atoms with Crippen LogP contribution in [0, 0.1) is 0 Å². The van der Waals surface area contributed by atoms with Crippen LogP contribution in [0.4, 0.5) is 0 Å². The molecule has 0 aromatic heterocycles. The Bertz CT molecular complexity index is 74.1. The van der Waals surface area contributed by atoms with E-state index in [1.165, 1.54) is 0 Å². The monoisotopic (exact) mass is 98.1 g/mol. The molecule has 0 unspecified atom stereocenters. The van der Waals surface area contributed by atoms with Crippen molar-refractivity contribution in [1.29, 1.82) is 0 Å². The Morgan fingerprint density at radius 3 is 2.86 bits per heavy atom. The molecule has 0 saturated heterocycles. The van der Waals surface area contributed by atoms with E-state index in [4.69, 9.17) is 5.73 Å². The van der Waals surface area contributed by atoms with Crippen molar-refractivity contribution in [3.63, 3.8) is 0 Å². The lowest BCUT2D eigenvalue weighted by Gasteiger charge is -1.71. The molecular weight excluding hydrogens is 88.1 g/mol. The van der Waals surface area contributed by atoms with Crippen LogP contribution >= 0.6 is 0 Å². The molecule has 0 heterocycles. The van der Waals surface area contributed by atoms with E-state index in [1.807, 2.05) is 12.2 Å². The van der Waals surface area contributed by atoms with E-state index in [-0.39, 0.29) is 0 Å². The van der Waals surface area contributed by atoms with Gasteiger partial charge >= 0.3 is 0 Å². The summed E-state index contributed by atoms with van der Waals surface area (Å²) < 4.78 is 0. The van der Waals surface area contributed by atoms with Crippen molar-refractivity contribution >= 4 is 6.21 Å². The Hall–Kier alpha value is -0.630. The van der Waals surface area contributed by atoms with Crippen molar-refractivity contribution in [2.75, 3.05) is 13.6 Å². The molecule has 40 valence electrons. The average molecular weight is 98.1 g/mol. The molecule has 0 aliphatic rings.